The van der Waals surface area contributed by atoms with Crippen molar-refractivity contribution in [1.29, 1.82) is 0 Å². The molecule has 1 aromatic heterocycles. The van der Waals surface area contributed by atoms with Gasteiger partial charge in [-0.25, -0.2) is 4.68 Å². The predicted molar refractivity (Wildman–Crippen MR) is 66.5 cm³/mol. The lowest BCUT2D eigenvalue weighted by atomic mass is 10.2. The summed E-state index contributed by atoms with van der Waals surface area (Å²) in [5.41, 5.74) is 0.665. The van der Waals surface area contributed by atoms with Gasteiger partial charge in [-0.1, -0.05) is 23.9 Å². The second-order valence-electron chi connectivity index (χ2n) is 3.95. The van der Waals surface area contributed by atoms with Gasteiger partial charge in [0.05, 0.1) is 4.92 Å². The Hall–Kier alpha value is -2.17. The molecule has 2 aromatic rings. The summed E-state index contributed by atoms with van der Waals surface area (Å²) in [5, 5.41) is 20.5. The van der Waals surface area contributed by atoms with Gasteiger partial charge in [0.1, 0.15) is 6.54 Å². The largest absolute Gasteiger partial charge is 0.408 e. The van der Waals surface area contributed by atoms with Crippen molar-refractivity contribution in [1.82, 2.24) is 20.2 Å². The van der Waals surface area contributed by atoms with E-state index in [-0.39, 0.29) is 10.8 Å². The van der Waals surface area contributed by atoms with Crippen molar-refractivity contribution < 1.29 is 18.1 Å². The molecule has 112 valence electrons. The zero-order chi connectivity index (χ0) is 15.5. The molecule has 11 heteroatoms. The first-order chi connectivity index (χ1) is 9.85. The third kappa shape index (κ3) is 4.41. The van der Waals surface area contributed by atoms with E-state index >= 15 is 0 Å². The Balaban J connectivity index is 2.00. The highest BCUT2D eigenvalue weighted by Gasteiger charge is 2.30. The lowest BCUT2D eigenvalue weighted by Gasteiger charge is -2.07. The van der Waals surface area contributed by atoms with Crippen LogP contribution >= 0.6 is 11.8 Å². The van der Waals surface area contributed by atoms with Crippen LogP contribution in [0.25, 0.3) is 0 Å². The number of halogens is 3. The minimum Gasteiger partial charge on any atom is -0.258 e. The molecule has 2 rings (SSSR count). The molecular formula is C10H8F3N5O2S. The van der Waals surface area contributed by atoms with Crippen LogP contribution in [-0.4, -0.2) is 31.3 Å². The number of hydrogen-bond donors (Lipinski definition) is 0. The monoisotopic (exact) mass is 319 g/mol. The van der Waals surface area contributed by atoms with Gasteiger partial charge in [-0.15, -0.1) is 5.10 Å². The number of benzene rings is 1. The summed E-state index contributed by atoms with van der Waals surface area (Å²) in [7, 11) is 0. The fraction of sp³-hybridized carbons (Fsp3) is 0.300. The molecule has 0 saturated carbocycles. The molecule has 0 radical (unpaired) electrons. The van der Waals surface area contributed by atoms with Crippen molar-refractivity contribution in [2.45, 2.75) is 23.6 Å². The van der Waals surface area contributed by atoms with Crippen LogP contribution < -0.4 is 0 Å². The molecule has 1 aromatic carbocycles. The van der Waals surface area contributed by atoms with Crippen LogP contribution in [-0.2, 0) is 12.3 Å². The van der Waals surface area contributed by atoms with E-state index in [9.17, 15) is 23.3 Å². The Labute approximate surface area is 120 Å². The Bertz CT molecular complexity index is 628. The van der Waals surface area contributed by atoms with Crippen molar-refractivity contribution in [3.63, 3.8) is 0 Å². The third-order valence-electron chi connectivity index (χ3n) is 2.34. The molecule has 0 fully saturated rings. The highest BCUT2D eigenvalue weighted by molar-refractivity contribution is 7.98. The van der Waals surface area contributed by atoms with Gasteiger partial charge in [0, 0.05) is 17.9 Å². The number of tetrazole rings is 1. The second kappa shape index (κ2) is 6.08. The smallest absolute Gasteiger partial charge is 0.258 e. The Morgan fingerprint density at radius 1 is 1.29 bits per heavy atom. The van der Waals surface area contributed by atoms with Crippen LogP contribution in [0.15, 0.2) is 29.4 Å². The molecule has 0 N–H and O–H groups in total. The minimum absolute atomic E-state index is 0.0330. The molecule has 0 saturated heterocycles. The van der Waals surface area contributed by atoms with Gasteiger partial charge in [0.2, 0.25) is 5.16 Å². The van der Waals surface area contributed by atoms with E-state index in [2.05, 4.69) is 15.5 Å². The van der Waals surface area contributed by atoms with Crippen molar-refractivity contribution >= 4 is 17.4 Å². The summed E-state index contributed by atoms with van der Waals surface area (Å²) in [4.78, 5) is 9.97. The molecular weight excluding hydrogens is 311 g/mol. The fourth-order valence-corrected chi connectivity index (χ4v) is 2.26. The quantitative estimate of drug-likeness (QED) is 0.478. The lowest BCUT2D eigenvalue weighted by molar-refractivity contribution is -0.384. The summed E-state index contributed by atoms with van der Waals surface area (Å²) in [6.45, 7) is -1.26. The number of alkyl halides is 3. The van der Waals surface area contributed by atoms with Crippen molar-refractivity contribution in [2.24, 2.45) is 0 Å². The van der Waals surface area contributed by atoms with E-state index in [1.807, 2.05) is 0 Å². The fourth-order valence-electron chi connectivity index (χ4n) is 1.43. The van der Waals surface area contributed by atoms with Crippen LogP contribution in [0.1, 0.15) is 5.56 Å². The summed E-state index contributed by atoms with van der Waals surface area (Å²) in [5.74, 6) is 0.302. The van der Waals surface area contributed by atoms with E-state index in [4.69, 9.17) is 0 Å². The highest BCUT2D eigenvalue weighted by Crippen LogP contribution is 2.24. The standard InChI is InChI=1S/C10H8F3N5O2S/c11-10(12,13)6-17-9(14-15-16-17)21-5-7-1-3-8(4-2-7)18(19)20/h1-4H,5-6H2. The first kappa shape index (κ1) is 15.2. The minimum atomic E-state index is -4.40. The Morgan fingerprint density at radius 2 is 1.95 bits per heavy atom. The van der Waals surface area contributed by atoms with E-state index in [1.165, 1.54) is 24.3 Å². The second-order valence-corrected chi connectivity index (χ2v) is 4.89. The average molecular weight is 319 g/mol. The first-order valence-electron chi connectivity index (χ1n) is 5.54. The number of nitrogens with zero attached hydrogens (tertiary/aromatic N) is 5. The third-order valence-corrected chi connectivity index (χ3v) is 3.37. The van der Waals surface area contributed by atoms with Crippen LogP contribution in [0.3, 0.4) is 0 Å². The summed E-state index contributed by atoms with van der Waals surface area (Å²) < 4.78 is 37.5. The molecule has 21 heavy (non-hydrogen) atoms. The SMILES string of the molecule is O=[N+]([O-])c1ccc(CSc2nnnn2CC(F)(F)F)cc1. The number of rotatable bonds is 5. The number of thioether (sulfide) groups is 1. The maximum Gasteiger partial charge on any atom is 0.408 e. The molecule has 0 bridgehead atoms. The predicted octanol–water partition coefficient (Wildman–Crippen LogP) is 2.44. The van der Waals surface area contributed by atoms with Gasteiger partial charge in [0.25, 0.3) is 5.69 Å². The van der Waals surface area contributed by atoms with Gasteiger partial charge in [0.15, 0.2) is 0 Å². The van der Waals surface area contributed by atoms with E-state index in [0.717, 1.165) is 11.8 Å². The van der Waals surface area contributed by atoms with Gasteiger partial charge >= 0.3 is 6.18 Å². The van der Waals surface area contributed by atoms with Gasteiger partial charge in [-0.2, -0.15) is 13.2 Å². The van der Waals surface area contributed by atoms with Gasteiger partial charge in [-0.05, 0) is 16.0 Å². The van der Waals surface area contributed by atoms with E-state index < -0.39 is 17.6 Å². The van der Waals surface area contributed by atoms with Crippen LogP contribution in [0.4, 0.5) is 18.9 Å². The molecule has 0 amide bonds. The van der Waals surface area contributed by atoms with Crippen LogP contribution in [0.5, 0.6) is 0 Å². The van der Waals surface area contributed by atoms with E-state index in [0.29, 0.717) is 16.0 Å². The normalized spacial score (nSPS) is 11.6. The van der Waals surface area contributed by atoms with Gasteiger partial charge in [-0.3, -0.25) is 10.1 Å². The average Bonchev–Trinajstić information content (AvgIpc) is 2.82. The zero-order valence-corrected chi connectivity index (χ0v) is 11.1. The number of aromatic nitrogens is 4. The molecule has 0 aliphatic carbocycles. The molecule has 0 unspecified atom stereocenters. The number of non-ortho nitro benzene ring substituents is 1. The molecule has 0 spiro atoms. The molecule has 1 heterocycles. The lowest BCUT2D eigenvalue weighted by Crippen LogP contribution is -2.19. The topological polar surface area (TPSA) is 86.7 Å². The summed E-state index contributed by atoms with van der Waals surface area (Å²) >= 11 is 1.02. The number of nitro groups is 1. The number of nitro benzene ring substituents is 1. The maximum atomic E-state index is 12.3. The highest BCUT2D eigenvalue weighted by atomic mass is 32.2. The Morgan fingerprint density at radius 3 is 2.52 bits per heavy atom. The molecule has 0 atom stereocenters. The van der Waals surface area contributed by atoms with Crippen LogP contribution in [0.2, 0.25) is 0 Å². The van der Waals surface area contributed by atoms with Crippen molar-refractivity contribution in [3.8, 4) is 0 Å². The van der Waals surface area contributed by atoms with Crippen molar-refractivity contribution in [3.05, 3.63) is 39.9 Å². The zero-order valence-electron chi connectivity index (χ0n) is 10.3. The maximum absolute atomic E-state index is 12.3. The van der Waals surface area contributed by atoms with Crippen molar-refractivity contribution in [2.75, 3.05) is 0 Å². The first-order valence-corrected chi connectivity index (χ1v) is 6.53. The number of hydrogen-bond acceptors (Lipinski definition) is 6. The summed E-state index contributed by atoms with van der Waals surface area (Å²) in [6, 6.07) is 5.72. The van der Waals surface area contributed by atoms with Crippen LogP contribution in [0, 0.1) is 10.1 Å². The molecule has 0 aliphatic rings. The molecule has 0 aliphatic heterocycles. The summed E-state index contributed by atoms with van der Waals surface area (Å²) in [6.07, 6.45) is -4.40. The van der Waals surface area contributed by atoms with E-state index in [1.54, 1.807) is 0 Å². The molecule has 7 nitrogen and oxygen atoms in total. The Kier molecular flexibility index (Phi) is 4.40. The van der Waals surface area contributed by atoms with Gasteiger partial charge < -0.3 is 0 Å².